The second-order valence-electron chi connectivity index (χ2n) is 7.29. The number of carbonyl (C=O) groups is 1. The molecule has 138 valence electrons. The van der Waals surface area contributed by atoms with Gasteiger partial charge in [-0.1, -0.05) is 19.4 Å². The Bertz CT molecular complexity index is 753. The molecule has 1 amide bonds. The molecule has 1 saturated carbocycles. The van der Waals surface area contributed by atoms with Gasteiger partial charge in [0.25, 0.3) is 5.91 Å². The van der Waals surface area contributed by atoms with Crippen molar-refractivity contribution in [2.75, 3.05) is 13.1 Å². The zero-order valence-electron chi connectivity index (χ0n) is 15.4. The number of amides is 1. The number of rotatable bonds is 6. The molecule has 1 N–H and O–H groups in total. The lowest BCUT2D eigenvalue weighted by Gasteiger charge is -2.36. The first kappa shape index (κ1) is 17.2. The molecule has 1 aliphatic heterocycles. The maximum Gasteiger partial charge on any atom is 0.254 e. The number of likely N-dealkylation sites (tertiary alicyclic amines) is 1. The lowest BCUT2D eigenvalue weighted by molar-refractivity contribution is 0.0905. The van der Waals surface area contributed by atoms with Crippen molar-refractivity contribution in [3.8, 4) is 5.82 Å². The highest BCUT2D eigenvalue weighted by Crippen LogP contribution is 2.32. The standard InChI is InChI=1S/C20H27N5O/c1-2-18-17(14-23-25(18)19-8-3-5-11-21-19)20(26)22-13-16-7-4-6-12-24(16)15-9-10-15/h3,5,8,11,14-16H,2,4,6-7,9-10,12-13H2,1H3,(H,22,26)/t16-/m1/s1. The van der Waals surface area contributed by atoms with Crippen molar-refractivity contribution in [1.29, 1.82) is 0 Å². The molecule has 1 atom stereocenters. The van der Waals surface area contributed by atoms with Crippen molar-refractivity contribution in [2.45, 2.75) is 57.5 Å². The number of piperidine rings is 1. The molecule has 3 heterocycles. The molecule has 0 aromatic carbocycles. The van der Waals surface area contributed by atoms with Crippen LogP contribution in [0.25, 0.3) is 5.82 Å². The minimum absolute atomic E-state index is 0.0228. The Hall–Kier alpha value is -2.21. The van der Waals surface area contributed by atoms with Crippen LogP contribution >= 0.6 is 0 Å². The zero-order chi connectivity index (χ0) is 17.9. The Balaban J connectivity index is 1.45. The number of hydrogen-bond acceptors (Lipinski definition) is 4. The molecule has 1 aliphatic carbocycles. The minimum Gasteiger partial charge on any atom is -0.350 e. The SMILES string of the molecule is CCc1c(C(=O)NC[C@H]2CCCCN2C2CC2)cnn1-c1ccccn1. The van der Waals surface area contributed by atoms with Crippen LogP contribution in [0, 0.1) is 0 Å². The van der Waals surface area contributed by atoms with Gasteiger partial charge in [0.15, 0.2) is 5.82 Å². The van der Waals surface area contributed by atoms with E-state index < -0.39 is 0 Å². The van der Waals surface area contributed by atoms with Crippen LogP contribution in [-0.2, 0) is 6.42 Å². The van der Waals surface area contributed by atoms with Gasteiger partial charge in [0, 0.05) is 24.8 Å². The van der Waals surface area contributed by atoms with Crippen LogP contribution < -0.4 is 5.32 Å². The predicted octanol–water partition coefficient (Wildman–Crippen LogP) is 2.58. The highest BCUT2D eigenvalue weighted by atomic mass is 16.1. The fraction of sp³-hybridized carbons (Fsp3) is 0.550. The molecule has 6 heteroatoms. The van der Waals surface area contributed by atoms with Crippen molar-refractivity contribution >= 4 is 5.91 Å². The fourth-order valence-corrected chi connectivity index (χ4v) is 4.01. The van der Waals surface area contributed by atoms with Crippen LogP contribution in [0.5, 0.6) is 0 Å². The molecule has 0 radical (unpaired) electrons. The van der Waals surface area contributed by atoms with Gasteiger partial charge in [-0.05, 0) is 50.8 Å². The quantitative estimate of drug-likeness (QED) is 0.867. The average Bonchev–Trinajstić information content (AvgIpc) is 3.45. The van der Waals surface area contributed by atoms with Gasteiger partial charge >= 0.3 is 0 Å². The summed E-state index contributed by atoms with van der Waals surface area (Å²) in [5.41, 5.74) is 1.57. The molecule has 4 rings (SSSR count). The number of aromatic nitrogens is 3. The van der Waals surface area contributed by atoms with Crippen LogP contribution in [0.15, 0.2) is 30.6 Å². The molecule has 6 nitrogen and oxygen atoms in total. The van der Waals surface area contributed by atoms with E-state index in [1.54, 1.807) is 17.1 Å². The Kier molecular flexibility index (Phi) is 5.02. The topological polar surface area (TPSA) is 63.1 Å². The third-order valence-corrected chi connectivity index (χ3v) is 5.50. The highest BCUT2D eigenvalue weighted by Gasteiger charge is 2.35. The first-order valence-corrected chi connectivity index (χ1v) is 9.80. The van der Waals surface area contributed by atoms with Gasteiger partial charge < -0.3 is 5.32 Å². The summed E-state index contributed by atoms with van der Waals surface area (Å²) in [6, 6.07) is 6.95. The maximum atomic E-state index is 12.8. The Morgan fingerprint density at radius 2 is 2.15 bits per heavy atom. The summed E-state index contributed by atoms with van der Waals surface area (Å²) in [5.74, 6) is 0.723. The molecule has 0 unspecified atom stereocenters. The lowest BCUT2D eigenvalue weighted by Crippen LogP contribution is -2.47. The largest absolute Gasteiger partial charge is 0.350 e. The average molecular weight is 353 g/mol. The molecule has 0 bridgehead atoms. The molecular weight excluding hydrogens is 326 g/mol. The molecule has 2 aliphatic rings. The number of hydrogen-bond donors (Lipinski definition) is 1. The maximum absolute atomic E-state index is 12.8. The van der Waals surface area contributed by atoms with E-state index >= 15 is 0 Å². The van der Waals surface area contributed by atoms with Gasteiger partial charge in [0.05, 0.1) is 17.5 Å². The first-order chi connectivity index (χ1) is 12.8. The molecule has 1 saturated heterocycles. The molecule has 2 fully saturated rings. The monoisotopic (exact) mass is 353 g/mol. The number of pyridine rings is 1. The number of carbonyl (C=O) groups excluding carboxylic acids is 1. The van der Waals surface area contributed by atoms with Gasteiger partial charge in [-0.25, -0.2) is 9.67 Å². The van der Waals surface area contributed by atoms with Crippen molar-refractivity contribution in [3.05, 3.63) is 41.9 Å². The van der Waals surface area contributed by atoms with Gasteiger partial charge in [-0.15, -0.1) is 0 Å². The van der Waals surface area contributed by atoms with E-state index in [1.165, 1.54) is 38.6 Å². The summed E-state index contributed by atoms with van der Waals surface area (Å²) in [6.45, 7) is 3.96. The zero-order valence-corrected chi connectivity index (χ0v) is 15.4. The van der Waals surface area contributed by atoms with Crippen LogP contribution in [0.2, 0.25) is 0 Å². The van der Waals surface area contributed by atoms with Crippen LogP contribution in [0.1, 0.15) is 55.1 Å². The summed E-state index contributed by atoms with van der Waals surface area (Å²) in [4.78, 5) is 19.8. The van der Waals surface area contributed by atoms with Crippen LogP contribution in [0.3, 0.4) is 0 Å². The summed E-state index contributed by atoms with van der Waals surface area (Å²) in [7, 11) is 0. The van der Waals surface area contributed by atoms with Gasteiger partial charge in [0.2, 0.25) is 0 Å². The van der Waals surface area contributed by atoms with E-state index in [0.29, 0.717) is 11.6 Å². The first-order valence-electron chi connectivity index (χ1n) is 9.80. The number of nitrogens with one attached hydrogen (secondary N) is 1. The molecular formula is C20H27N5O. The van der Waals surface area contributed by atoms with E-state index in [9.17, 15) is 4.79 Å². The third kappa shape index (κ3) is 3.51. The van der Waals surface area contributed by atoms with E-state index in [-0.39, 0.29) is 5.91 Å². The summed E-state index contributed by atoms with van der Waals surface area (Å²) in [5, 5.41) is 7.58. The number of nitrogens with zero attached hydrogens (tertiary/aromatic N) is 4. The Morgan fingerprint density at radius 1 is 1.27 bits per heavy atom. The van der Waals surface area contributed by atoms with E-state index in [0.717, 1.165) is 30.5 Å². The van der Waals surface area contributed by atoms with E-state index in [4.69, 9.17) is 0 Å². The minimum atomic E-state index is -0.0228. The van der Waals surface area contributed by atoms with E-state index in [1.807, 2.05) is 25.1 Å². The smallest absolute Gasteiger partial charge is 0.254 e. The normalized spacial score (nSPS) is 20.9. The third-order valence-electron chi connectivity index (χ3n) is 5.50. The van der Waals surface area contributed by atoms with Crippen molar-refractivity contribution in [3.63, 3.8) is 0 Å². The lowest BCUT2D eigenvalue weighted by atomic mass is 10.0. The van der Waals surface area contributed by atoms with Gasteiger partial charge in [0.1, 0.15) is 0 Å². The van der Waals surface area contributed by atoms with Crippen molar-refractivity contribution < 1.29 is 4.79 Å². The Labute approximate surface area is 154 Å². The Morgan fingerprint density at radius 3 is 2.88 bits per heavy atom. The summed E-state index contributed by atoms with van der Waals surface area (Å²) in [6.07, 6.45) is 10.5. The molecule has 0 spiro atoms. The molecule has 2 aromatic heterocycles. The van der Waals surface area contributed by atoms with Crippen molar-refractivity contribution in [2.24, 2.45) is 0 Å². The summed E-state index contributed by atoms with van der Waals surface area (Å²) < 4.78 is 1.77. The highest BCUT2D eigenvalue weighted by molar-refractivity contribution is 5.95. The van der Waals surface area contributed by atoms with Crippen LogP contribution in [-0.4, -0.2) is 50.7 Å². The van der Waals surface area contributed by atoms with Gasteiger partial charge in [-0.2, -0.15) is 5.10 Å². The second kappa shape index (κ2) is 7.58. The molecule has 26 heavy (non-hydrogen) atoms. The van der Waals surface area contributed by atoms with Crippen molar-refractivity contribution in [1.82, 2.24) is 25.0 Å². The van der Waals surface area contributed by atoms with Crippen LogP contribution in [0.4, 0.5) is 0 Å². The van der Waals surface area contributed by atoms with E-state index in [2.05, 4.69) is 20.3 Å². The van der Waals surface area contributed by atoms with Gasteiger partial charge in [-0.3, -0.25) is 9.69 Å². The molecule has 2 aromatic rings. The second-order valence-corrected chi connectivity index (χ2v) is 7.29. The predicted molar refractivity (Wildman–Crippen MR) is 100 cm³/mol. The summed E-state index contributed by atoms with van der Waals surface area (Å²) >= 11 is 0. The fourth-order valence-electron chi connectivity index (χ4n) is 4.01.